The molecule has 0 spiro atoms. The third-order valence-electron chi connectivity index (χ3n) is 3.75. The van der Waals surface area contributed by atoms with Crippen molar-refractivity contribution in [1.82, 2.24) is 0 Å². The molecule has 0 aliphatic carbocycles. The van der Waals surface area contributed by atoms with Crippen LogP contribution < -0.4 is 0 Å². The standard InChI is InChI=1S/C19H32O2/c1-9-21-12-16(20)17-14(18(3,4)5)10-13(2)11-15(17)19(6,7)8/h10-11,16,20H,9,12H2,1-8H3. The molecular weight excluding hydrogens is 260 g/mol. The van der Waals surface area contributed by atoms with E-state index in [-0.39, 0.29) is 10.8 Å². The van der Waals surface area contributed by atoms with E-state index in [1.165, 1.54) is 16.7 Å². The van der Waals surface area contributed by atoms with Crippen molar-refractivity contribution in [3.05, 3.63) is 34.4 Å². The van der Waals surface area contributed by atoms with Gasteiger partial charge in [0.15, 0.2) is 0 Å². The van der Waals surface area contributed by atoms with Gasteiger partial charge in [-0.1, -0.05) is 59.2 Å². The van der Waals surface area contributed by atoms with Crippen molar-refractivity contribution < 1.29 is 9.84 Å². The lowest BCUT2D eigenvalue weighted by molar-refractivity contribution is 0.0402. The van der Waals surface area contributed by atoms with Gasteiger partial charge in [0.25, 0.3) is 0 Å². The van der Waals surface area contributed by atoms with Crippen LogP contribution in [0.5, 0.6) is 0 Å². The van der Waals surface area contributed by atoms with Crippen LogP contribution in [0.3, 0.4) is 0 Å². The van der Waals surface area contributed by atoms with Crippen LogP contribution >= 0.6 is 0 Å². The molecule has 0 aliphatic rings. The number of aryl methyl sites for hydroxylation is 1. The van der Waals surface area contributed by atoms with E-state index in [0.717, 1.165) is 5.56 Å². The average Bonchev–Trinajstić information content (AvgIpc) is 2.32. The first-order valence-electron chi connectivity index (χ1n) is 7.89. The highest BCUT2D eigenvalue weighted by atomic mass is 16.5. The van der Waals surface area contributed by atoms with Gasteiger partial charge in [-0.3, -0.25) is 0 Å². The Hall–Kier alpha value is -0.860. The first-order chi connectivity index (χ1) is 9.48. The van der Waals surface area contributed by atoms with Gasteiger partial charge in [0, 0.05) is 6.61 Å². The summed E-state index contributed by atoms with van der Waals surface area (Å²) in [6, 6.07) is 4.42. The Balaban J connectivity index is 3.53. The molecule has 1 unspecified atom stereocenters. The van der Waals surface area contributed by atoms with E-state index in [9.17, 15) is 5.11 Å². The summed E-state index contributed by atoms with van der Waals surface area (Å²) in [5, 5.41) is 10.7. The molecule has 2 heteroatoms. The molecule has 21 heavy (non-hydrogen) atoms. The number of aliphatic hydroxyl groups excluding tert-OH is 1. The van der Waals surface area contributed by atoms with Crippen molar-refractivity contribution in [3.63, 3.8) is 0 Å². The van der Waals surface area contributed by atoms with Crippen molar-refractivity contribution in [2.24, 2.45) is 0 Å². The second-order valence-electron chi connectivity index (χ2n) is 7.95. The van der Waals surface area contributed by atoms with Crippen LogP contribution in [0.25, 0.3) is 0 Å². The molecule has 0 fully saturated rings. The quantitative estimate of drug-likeness (QED) is 0.874. The summed E-state index contributed by atoms with van der Waals surface area (Å²) in [7, 11) is 0. The number of aliphatic hydroxyl groups is 1. The molecule has 1 rings (SSSR count). The number of benzene rings is 1. The van der Waals surface area contributed by atoms with E-state index >= 15 is 0 Å². The van der Waals surface area contributed by atoms with Gasteiger partial charge in [0.05, 0.1) is 6.61 Å². The second kappa shape index (κ2) is 6.50. The van der Waals surface area contributed by atoms with E-state index in [4.69, 9.17) is 4.74 Å². The van der Waals surface area contributed by atoms with E-state index in [1.807, 2.05) is 6.92 Å². The normalized spacial score (nSPS) is 14.3. The number of rotatable bonds is 4. The molecule has 0 saturated heterocycles. The Labute approximate surface area is 130 Å². The Morgan fingerprint density at radius 3 is 1.76 bits per heavy atom. The van der Waals surface area contributed by atoms with Crippen LogP contribution in [-0.2, 0) is 15.6 Å². The first-order valence-corrected chi connectivity index (χ1v) is 7.89. The predicted octanol–water partition coefficient (Wildman–Crippen LogP) is 4.66. The third kappa shape index (κ3) is 4.55. The van der Waals surface area contributed by atoms with E-state index < -0.39 is 6.10 Å². The molecule has 0 aromatic heterocycles. The van der Waals surface area contributed by atoms with Crippen LogP contribution in [0, 0.1) is 6.92 Å². The Bertz CT molecular complexity index is 440. The Kier molecular flexibility index (Phi) is 5.63. The van der Waals surface area contributed by atoms with Crippen LogP contribution in [0.1, 0.15) is 76.8 Å². The lowest BCUT2D eigenvalue weighted by Gasteiger charge is -2.33. The van der Waals surface area contributed by atoms with Crippen molar-refractivity contribution in [3.8, 4) is 0 Å². The van der Waals surface area contributed by atoms with E-state index in [1.54, 1.807) is 0 Å². The summed E-state index contributed by atoms with van der Waals surface area (Å²) < 4.78 is 5.47. The minimum atomic E-state index is -0.575. The fourth-order valence-corrected chi connectivity index (χ4v) is 2.71. The highest BCUT2D eigenvalue weighted by molar-refractivity contribution is 5.46. The van der Waals surface area contributed by atoms with Gasteiger partial charge in [-0.25, -0.2) is 0 Å². The summed E-state index contributed by atoms with van der Waals surface area (Å²) in [5.41, 5.74) is 4.73. The summed E-state index contributed by atoms with van der Waals surface area (Å²) in [6.07, 6.45) is -0.575. The van der Waals surface area contributed by atoms with Gasteiger partial charge in [0.2, 0.25) is 0 Å². The molecule has 1 N–H and O–H groups in total. The number of hydrogen-bond acceptors (Lipinski definition) is 2. The SMILES string of the molecule is CCOCC(O)c1c(C(C)(C)C)cc(C)cc1C(C)(C)C. The number of ether oxygens (including phenoxy) is 1. The molecule has 2 nitrogen and oxygen atoms in total. The molecule has 0 radical (unpaired) electrons. The number of hydrogen-bond donors (Lipinski definition) is 1. The van der Waals surface area contributed by atoms with E-state index in [0.29, 0.717) is 13.2 Å². The van der Waals surface area contributed by atoms with Crippen LogP contribution in [-0.4, -0.2) is 18.3 Å². The lowest BCUT2D eigenvalue weighted by Crippen LogP contribution is -2.25. The van der Waals surface area contributed by atoms with Crippen molar-refractivity contribution in [2.75, 3.05) is 13.2 Å². The monoisotopic (exact) mass is 292 g/mol. The topological polar surface area (TPSA) is 29.5 Å². The van der Waals surface area contributed by atoms with Gasteiger partial charge >= 0.3 is 0 Å². The maximum atomic E-state index is 10.7. The molecular formula is C19H32O2. The van der Waals surface area contributed by atoms with Gasteiger partial charge in [-0.15, -0.1) is 0 Å². The first kappa shape index (κ1) is 18.2. The highest BCUT2D eigenvalue weighted by Gasteiger charge is 2.29. The zero-order chi connectivity index (χ0) is 16.4. The highest BCUT2D eigenvalue weighted by Crippen LogP contribution is 2.38. The van der Waals surface area contributed by atoms with Gasteiger partial charge < -0.3 is 9.84 Å². The summed E-state index contributed by atoms with van der Waals surface area (Å²) in [4.78, 5) is 0. The van der Waals surface area contributed by atoms with Crippen LogP contribution in [0.15, 0.2) is 12.1 Å². The molecule has 120 valence electrons. The Morgan fingerprint density at radius 2 is 1.43 bits per heavy atom. The molecule has 1 atom stereocenters. The Morgan fingerprint density at radius 1 is 1.00 bits per heavy atom. The predicted molar refractivity (Wildman–Crippen MR) is 90.0 cm³/mol. The maximum Gasteiger partial charge on any atom is 0.103 e. The van der Waals surface area contributed by atoms with Crippen molar-refractivity contribution >= 4 is 0 Å². The lowest BCUT2D eigenvalue weighted by atomic mass is 9.74. The molecule has 0 amide bonds. The molecule has 1 aromatic carbocycles. The van der Waals surface area contributed by atoms with Crippen LogP contribution in [0.2, 0.25) is 0 Å². The maximum absolute atomic E-state index is 10.7. The summed E-state index contributed by atoms with van der Waals surface area (Å²) >= 11 is 0. The molecule has 0 bridgehead atoms. The fraction of sp³-hybridized carbons (Fsp3) is 0.684. The molecule has 0 aliphatic heterocycles. The largest absolute Gasteiger partial charge is 0.386 e. The third-order valence-corrected chi connectivity index (χ3v) is 3.75. The fourth-order valence-electron chi connectivity index (χ4n) is 2.71. The summed E-state index contributed by atoms with van der Waals surface area (Å²) in [5.74, 6) is 0. The smallest absolute Gasteiger partial charge is 0.103 e. The van der Waals surface area contributed by atoms with Crippen molar-refractivity contribution in [1.29, 1.82) is 0 Å². The molecule has 0 heterocycles. The summed E-state index contributed by atoms with van der Waals surface area (Å²) in [6.45, 7) is 18.3. The molecule has 1 aromatic rings. The zero-order valence-electron chi connectivity index (χ0n) is 15.0. The second-order valence-corrected chi connectivity index (χ2v) is 7.95. The van der Waals surface area contributed by atoms with Crippen molar-refractivity contribution in [2.45, 2.75) is 72.3 Å². The van der Waals surface area contributed by atoms with Crippen LogP contribution in [0.4, 0.5) is 0 Å². The van der Waals surface area contributed by atoms with Gasteiger partial charge in [0.1, 0.15) is 6.10 Å². The van der Waals surface area contributed by atoms with Gasteiger partial charge in [-0.05, 0) is 41.4 Å². The van der Waals surface area contributed by atoms with E-state index in [2.05, 4.69) is 60.6 Å². The zero-order valence-corrected chi connectivity index (χ0v) is 15.0. The minimum Gasteiger partial charge on any atom is -0.386 e. The minimum absolute atomic E-state index is 0.00541. The molecule has 0 saturated carbocycles. The average molecular weight is 292 g/mol. The van der Waals surface area contributed by atoms with Gasteiger partial charge in [-0.2, -0.15) is 0 Å².